The molecule has 0 heterocycles. The fourth-order valence-electron chi connectivity index (χ4n) is 2.69. The first-order valence-corrected chi connectivity index (χ1v) is 10.5. The number of Topliss-reactive ketones (excluding diaryl/α,β-unsaturated/α-hetero) is 2. The number of hydrogen-bond acceptors (Lipinski definition) is 4. The van der Waals surface area contributed by atoms with Gasteiger partial charge in [0.1, 0.15) is 0 Å². The summed E-state index contributed by atoms with van der Waals surface area (Å²) < 4.78 is 25.7. The van der Waals surface area contributed by atoms with Crippen LogP contribution < -0.4 is 4.31 Å². The van der Waals surface area contributed by atoms with Crippen molar-refractivity contribution in [1.29, 1.82) is 0 Å². The van der Waals surface area contributed by atoms with Gasteiger partial charge < -0.3 is 0 Å². The van der Waals surface area contributed by atoms with Crippen molar-refractivity contribution in [3.05, 3.63) is 74.7 Å². The number of nitrogens with zero attached hydrogens (tertiary/aromatic N) is 1. The second-order valence-corrected chi connectivity index (χ2v) is 8.88. The molecule has 1 aliphatic rings. The van der Waals surface area contributed by atoms with Crippen molar-refractivity contribution in [2.75, 3.05) is 17.1 Å². The molecule has 0 fully saturated rings. The summed E-state index contributed by atoms with van der Waals surface area (Å²) in [6, 6.07) is 12.7. The quantitative estimate of drug-likeness (QED) is 0.704. The van der Waals surface area contributed by atoms with Gasteiger partial charge in [-0.05, 0) is 40.2 Å². The third kappa shape index (κ3) is 3.47. The molecule has 2 aromatic carbocycles. The summed E-state index contributed by atoms with van der Waals surface area (Å²) in [5, 5.41) is 0.459. The highest BCUT2D eigenvalue weighted by Gasteiger charge is 2.33. The van der Waals surface area contributed by atoms with Crippen molar-refractivity contribution < 1.29 is 18.0 Å². The van der Waals surface area contributed by atoms with Gasteiger partial charge in [-0.15, -0.1) is 0 Å². The van der Waals surface area contributed by atoms with Gasteiger partial charge in [0.25, 0.3) is 0 Å². The molecule has 0 bridgehead atoms. The van der Waals surface area contributed by atoms with Gasteiger partial charge in [-0.1, -0.05) is 35.9 Å². The summed E-state index contributed by atoms with van der Waals surface area (Å²) in [4.78, 5) is 25.4. The molecule has 0 atom stereocenters. The zero-order chi connectivity index (χ0) is 19.1. The topological polar surface area (TPSA) is 71.5 Å². The van der Waals surface area contributed by atoms with E-state index in [0.717, 1.165) is 10.6 Å². The van der Waals surface area contributed by atoms with Gasteiger partial charge in [-0.3, -0.25) is 13.9 Å². The highest BCUT2D eigenvalue weighted by Crippen LogP contribution is 2.32. The van der Waals surface area contributed by atoms with E-state index in [1.54, 1.807) is 48.5 Å². The predicted molar refractivity (Wildman–Crippen MR) is 105 cm³/mol. The third-order valence-corrected chi connectivity index (χ3v) is 6.20. The molecule has 0 amide bonds. The highest BCUT2D eigenvalue weighted by molar-refractivity contribution is 9.12. The lowest BCUT2D eigenvalue weighted by Crippen LogP contribution is -2.35. The van der Waals surface area contributed by atoms with Crippen molar-refractivity contribution in [1.82, 2.24) is 0 Å². The van der Waals surface area contributed by atoms with Crippen LogP contribution in [0.15, 0.2) is 58.6 Å². The minimum atomic E-state index is -3.70. The van der Waals surface area contributed by atoms with Crippen molar-refractivity contribution in [2.45, 2.75) is 0 Å². The first kappa shape index (κ1) is 18.8. The SMILES string of the molecule is CS(=O)(=O)N(CC1=C(Br)C(=O)c2ccccc2C1=O)c1ccc(Cl)cc1. The summed E-state index contributed by atoms with van der Waals surface area (Å²) in [5.74, 6) is -0.727. The maximum Gasteiger partial charge on any atom is 0.232 e. The van der Waals surface area contributed by atoms with Crippen LogP contribution in [0.4, 0.5) is 5.69 Å². The van der Waals surface area contributed by atoms with E-state index in [1.807, 2.05) is 0 Å². The Kier molecular flexibility index (Phi) is 5.05. The van der Waals surface area contributed by atoms with Crippen LogP contribution >= 0.6 is 27.5 Å². The van der Waals surface area contributed by atoms with Crippen LogP contribution in [0, 0.1) is 0 Å². The molecule has 0 N–H and O–H groups in total. The minimum absolute atomic E-state index is 0.0730. The number of rotatable bonds is 4. The molecule has 26 heavy (non-hydrogen) atoms. The smallest absolute Gasteiger partial charge is 0.232 e. The second kappa shape index (κ2) is 6.98. The lowest BCUT2D eigenvalue weighted by Gasteiger charge is -2.26. The van der Waals surface area contributed by atoms with E-state index in [1.165, 1.54) is 0 Å². The van der Waals surface area contributed by atoms with Crippen LogP contribution in [0.25, 0.3) is 0 Å². The minimum Gasteiger partial charge on any atom is -0.289 e. The number of carbonyl (C=O) groups excluding carboxylic acids is 2. The summed E-state index contributed by atoms with van der Waals surface area (Å²) in [6.07, 6.45) is 1.04. The van der Waals surface area contributed by atoms with E-state index < -0.39 is 10.0 Å². The molecule has 0 aliphatic heterocycles. The van der Waals surface area contributed by atoms with E-state index >= 15 is 0 Å². The average Bonchev–Trinajstić information content (AvgIpc) is 2.60. The number of anilines is 1. The van der Waals surface area contributed by atoms with E-state index in [4.69, 9.17) is 11.6 Å². The predicted octanol–water partition coefficient (Wildman–Crippen LogP) is 3.83. The Bertz CT molecular complexity index is 1050. The van der Waals surface area contributed by atoms with Gasteiger partial charge in [0.2, 0.25) is 15.8 Å². The van der Waals surface area contributed by atoms with Gasteiger partial charge in [0.05, 0.1) is 23.0 Å². The third-order valence-electron chi connectivity index (χ3n) is 3.97. The van der Waals surface area contributed by atoms with E-state index in [0.29, 0.717) is 16.3 Å². The molecule has 0 aromatic heterocycles. The molecule has 0 radical (unpaired) electrons. The lowest BCUT2D eigenvalue weighted by atomic mass is 9.89. The first-order chi connectivity index (χ1) is 12.2. The van der Waals surface area contributed by atoms with Crippen LogP contribution in [0.3, 0.4) is 0 Å². The van der Waals surface area contributed by atoms with Crippen LogP contribution in [-0.4, -0.2) is 32.8 Å². The molecule has 5 nitrogen and oxygen atoms in total. The van der Waals surface area contributed by atoms with Gasteiger partial charge >= 0.3 is 0 Å². The maximum absolute atomic E-state index is 12.8. The monoisotopic (exact) mass is 453 g/mol. The standard InChI is InChI=1S/C18H13BrClNO4S/c1-26(24,25)21(12-8-6-11(20)7-9-12)10-15-16(19)18(23)14-5-3-2-4-13(14)17(15)22/h2-9H,10H2,1H3. The number of sulfonamides is 1. The van der Waals surface area contributed by atoms with Gasteiger partial charge in [0, 0.05) is 21.7 Å². The van der Waals surface area contributed by atoms with Crippen LogP contribution in [0.2, 0.25) is 5.02 Å². The summed E-state index contributed by atoms with van der Waals surface area (Å²) in [7, 11) is -3.70. The number of carbonyl (C=O) groups is 2. The Morgan fingerprint density at radius 1 is 0.962 bits per heavy atom. The number of fused-ring (bicyclic) bond motifs is 1. The Hall–Kier alpha value is -1.96. The summed E-state index contributed by atoms with van der Waals surface area (Å²) in [5.41, 5.74) is 1.00. The normalized spacial score (nSPS) is 14.4. The Morgan fingerprint density at radius 3 is 2.04 bits per heavy atom. The highest BCUT2D eigenvalue weighted by atomic mass is 79.9. The van der Waals surface area contributed by atoms with E-state index in [2.05, 4.69) is 15.9 Å². The molecule has 8 heteroatoms. The molecule has 0 saturated heterocycles. The summed E-state index contributed by atoms with van der Waals surface area (Å²) >= 11 is 9.04. The maximum atomic E-state index is 12.8. The molecule has 0 saturated carbocycles. The van der Waals surface area contributed by atoms with Gasteiger partial charge in [-0.2, -0.15) is 0 Å². The number of ketones is 2. The van der Waals surface area contributed by atoms with Crippen molar-refractivity contribution in [3.63, 3.8) is 0 Å². The van der Waals surface area contributed by atoms with Crippen LogP contribution in [0.5, 0.6) is 0 Å². The molecule has 1 aliphatic carbocycles. The number of benzene rings is 2. The summed E-state index contributed by atoms with van der Waals surface area (Å²) in [6.45, 7) is -0.264. The zero-order valence-corrected chi connectivity index (χ0v) is 16.7. The van der Waals surface area contributed by atoms with Crippen molar-refractivity contribution >= 4 is 54.8 Å². The number of hydrogen-bond donors (Lipinski definition) is 0. The lowest BCUT2D eigenvalue weighted by molar-refractivity contribution is 0.0981. The molecule has 134 valence electrons. The fourth-order valence-corrected chi connectivity index (χ4v) is 4.20. The molecule has 2 aromatic rings. The Balaban J connectivity index is 2.07. The number of allylic oxidation sites excluding steroid dienone is 1. The van der Waals surface area contributed by atoms with Crippen molar-refractivity contribution in [2.24, 2.45) is 0 Å². The Morgan fingerprint density at radius 2 is 1.50 bits per heavy atom. The van der Waals surface area contributed by atoms with Crippen molar-refractivity contribution in [3.8, 4) is 0 Å². The molecular formula is C18H13BrClNO4S. The Labute approximate surface area is 164 Å². The number of halogens is 2. The zero-order valence-electron chi connectivity index (χ0n) is 13.6. The van der Waals surface area contributed by atoms with E-state index in [9.17, 15) is 18.0 Å². The second-order valence-electron chi connectivity index (χ2n) is 5.74. The molecule has 3 rings (SSSR count). The molecular weight excluding hydrogens is 442 g/mol. The van der Waals surface area contributed by atoms with Gasteiger partial charge in [0.15, 0.2) is 5.78 Å². The van der Waals surface area contributed by atoms with Crippen LogP contribution in [0.1, 0.15) is 20.7 Å². The largest absolute Gasteiger partial charge is 0.289 e. The fraction of sp³-hybridized carbons (Fsp3) is 0.111. The average molecular weight is 455 g/mol. The van der Waals surface area contributed by atoms with E-state index in [-0.39, 0.29) is 33.7 Å². The van der Waals surface area contributed by atoms with Gasteiger partial charge in [-0.25, -0.2) is 8.42 Å². The molecule has 0 spiro atoms. The van der Waals surface area contributed by atoms with Crippen LogP contribution in [-0.2, 0) is 10.0 Å². The first-order valence-electron chi connectivity index (χ1n) is 7.50. The molecule has 0 unspecified atom stereocenters.